The van der Waals surface area contributed by atoms with Gasteiger partial charge in [-0.3, -0.25) is 0 Å². The lowest BCUT2D eigenvalue weighted by Crippen LogP contribution is -2.42. The fraction of sp³-hybridized carbons (Fsp3) is 0.562. The van der Waals surface area contributed by atoms with Gasteiger partial charge in [0.15, 0.2) is 0 Å². The third kappa shape index (κ3) is 3.73. The van der Waals surface area contributed by atoms with Crippen LogP contribution in [0.5, 0.6) is 0 Å². The molecular weight excluding hydrogens is 252 g/mol. The predicted molar refractivity (Wildman–Crippen MR) is 81.1 cm³/mol. The van der Waals surface area contributed by atoms with Gasteiger partial charge in [0.25, 0.3) is 0 Å². The van der Waals surface area contributed by atoms with Crippen molar-refractivity contribution in [2.45, 2.75) is 38.8 Å². The lowest BCUT2D eigenvalue weighted by atomic mass is 10.0. The van der Waals surface area contributed by atoms with E-state index in [9.17, 15) is 4.79 Å². The minimum absolute atomic E-state index is 0.290. The monoisotopic (exact) mass is 276 g/mol. The van der Waals surface area contributed by atoms with E-state index in [-0.39, 0.29) is 5.97 Å². The second-order valence-corrected chi connectivity index (χ2v) is 5.62. The van der Waals surface area contributed by atoms with Gasteiger partial charge in [-0.25, -0.2) is 4.79 Å². The van der Waals surface area contributed by atoms with Crippen LogP contribution in [0.3, 0.4) is 0 Å². The largest absolute Gasteiger partial charge is 0.465 e. The summed E-state index contributed by atoms with van der Waals surface area (Å²) in [6.07, 6.45) is 2.33. The van der Waals surface area contributed by atoms with E-state index in [1.165, 1.54) is 7.11 Å². The third-order valence-corrected chi connectivity index (χ3v) is 3.94. The Morgan fingerprint density at radius 3 is 2.35 bits per heavy atom. The van der Waals surface area contributed by atoms with Crippen LogP contribution in [-0.4, -0.2) is 43.2 Å². The third-order valence-electron chi connectivity index (χ3n) is 3.94. The molecule has 0 atom stereocenters. The molecule has 1 aliphatic heterocycles. The number of anilines is 1. The van der Waals surface area contributed by atoms with Crippen LogP contribution in [0.2, 0.25) is 0 Å². The number of rotatable bonds is 4. The Bertz CT molecular complexity index is 434. The first-order chi connectivity index (χ1) is 9.60. The Morgan fingerprint density at radius 2 is 1.85 bits per heavy atom. The van der Waals surface area contributed by atoms with Gasteiger partial charge in [0.2, 0.25) is 0 Å². The molecule has 1 aromatic rings. The van der Waals surface area contributed by atoms with Crippen LogP contribution in [0, 0.1) is 0 Å². The molecule has 4 nitrogen and oxygen atoms in total. The van der Waals surface area contributed by atoms with Gasteiger partial charge in [-0.15, -0.1) is 0 Å². The average Bonchev–Trinajstić information content (AvgIpc) is 2.48. The average molecular weight is 276 g/mol. The molecule has 20 heavy (non-hydrogen) atoms. The molecule has 0 bridgehead atoms. The molecule has 0 aliphatic carbocycles. The van der Waals surface area contributed by atoms with Crippen LogP contribution < -0.4 is 5.32 Å². The van der Waals surface area contributed by atoms with E-state index in [1.54, 1.807) is 12.1 Å². The van der Waals surface area contributed by atoms with Crippen molar-refractivity contribution in [2.75, 3.05) is 25.5 Å². The van der Waals surface area contributed by atoms with Crippen LogP contribution in [0.4, 0.5) is 5.69 Å². The fourth-order valence-corrected chi connectivity index (χ4v) is 2.62. The molecule has 4 heteroatoms. The number of ether oxygens (including phenoxy) is 1. The van der Waals surface area contributed by atoms with E-state index in [0.717, 1.165) is 31.6 Å². The SMILES string of the molecule is COC(=O)c1ccc(NC2CCN(C(C)C)CC2)cc1. The molecule has 110 valence electrons. The Kier molecular flexibility index (Phi) is 5.01. The van der Waals surface area contributed by atoms with Crippen molar-refractivity contribution in [2.24, 2.45) is 0 Å². The number of nitrogens with one attached hydrogen (secondary N) is 1. The van der Waals surface area contributed by atoms with Crippen molar-refractivity contribution in [3.63, 3.8) is 0 Å². The van der Waals surface area contributed by atoms with E-state index in [4.69, 9.17) is 4.74 Å². The first-order valence-electron chi connectivity index (χ1n) is 7.29. The zero-order chi connectivity index (χ0) is 14.5. The molecule has 0 amide bonds. The van der Waals surface area contributed by atoms with Crippen LogP contribution in [0.1, 0.15) is 37.0 Å². The summed E-state index contributed by atoms with van der Waals surface area (Å²) in [4.78, 5) is 13.9. The van der Waals surface area contributed by atoms with E-state index < -0.39 is 0 Å². The molecule has 0 unspecified atom stereocenters. The van der Waals surface area contributed by atoms with E-state index >= 15 is 0 Å². The highest BCUT2D eigenvalue weighted by Gasteiger charge is 2.20. The van der Waals surface area contributed by atoms with Gasteiger partial charge < -0.3 is 15.0 Å². The lowest BCUT2D eigenvalue weighted by molar-refractivity contribution is 0.0601. The fourth-order valence-electron chi connectivity index (χ4n) is 2.62. The van der Waals surface area contributed by atoms with Crippen LogP contribution in [0.25, 0.3) is 0 Å². The van der Waals surface area contributed by atoms with Gasteiger partial charge in [0.05, 0.1) is 12.7 Å². The summed E-state index contributed by atoms with van der Waals surface area (Å²) in [5.41, 5.74) is 1.66. The van der Waals surface area contributed by atoms with Crippen molar-refractivity contribution < 1.29 is 9.53 Å². The number of hydrogen-bond donors (Lipinski definition) is 1. The second kappa shape index (κ2) is 6.75. The number of nitrogens with zero attached hydrogens (tertiary/aromatic N) is 1. The van der Waals surface area contributed by atoms with Gasteiger partial charge in [0.1, 0.15) is 0 Å². The Morgan fingerprint density at radius 1 is 1.25 bits per heavy atom. The molecular formula is C16H24N2O2. The molecule has 0 radical (unpaired) electrons. The zero-order valence-corrected chi connectivity index (χ0v) is 12.6. The smallest absolute Gasteiger partial charge is 0.337 e. The predicted octanol–water partition coefficient (Wildman–Crippen LogP) is 2.76. The van der Waals surface area contributed by atoms with Gasteiger partial charge in [-0.1, -0.05) is 0 Å². The summed E-state index contributed by atoms with van der Waals surface area (Å²) in [5, 5.41) is 3.55. The number of likely N-dealkylation sites (tertiary alicyclic amines) is 1. The quantitative estimate of drug-likeness (QED) is 0.859. The standard InChI is InChI=1S/C16H24N2O2/c1-12(2)18-10-8-15(9-11-18)17-14-6-4-13(5-7-14)16(19)20-3/h4-7,12,15,17H,8-11H2,1-3H3. The zero-order valence-electron chi connectivity index (χ0n) is 12.6. The van der Waals surface area contributed by atoms with Crippen LogP contribution >= 0.6 is 0 Å². The molecule has 2 rings (SSSR count). The topological polar surface area (TPSA) is 41.6 Å². The van der Waals surface area contributed by atoms with Crippen molar-refractivity contribution >= 4 is 11.7 Å². The van der Waals surface area contributed by atoms with E-state index in [1.807, 2.05) is 12.1 Å². The normalized spacial score (nSPS) is 17.2. The summed E-state index contributed by atoms with van der Waals surface area (Å²) in [6.45, 7) is 6.80. The highest BCUT2D eigenvalue weighted by molar-refractivity contribution is 5.89. The first kappa shape index (κ1) is 14.9. The number of esters is 1. The molecule has 1 heterocycles. The molecule has 1 aromatic carbocycles. The summed E-state index contributed by atoms with van der Waals surface area (Å²) in [7, 11) is 1.40. The van der Waals surface area contributed by atoms with Gasteiger partial charge in [-0.05, 0) is 51.0 Å². The molecule has 1 fully saturated rings. The summed E-state index contributed by atoms with van der Waals surface area (Å²) in [5.74, 6) is -0.290. The Hall–Kier alpha value is -1.55. The summed E-state index contributed by atoms with van der Waals surface area (Å²) >= 11 is 0. The maximum Gasteiger partial charge on any atom is 0.337 e. The lowest BCUT2D eigenvalue weighted by Gasteiger charge is -2.35. The molecule has 1 aliphatic rings. The Labute approximate surface area is 121 Å². The molecule has 0 spiro atoms. The van der Waals surface area contributed by atoms with Crippen molar-refractivity contribution in [3.8, 4) is 0 Å². The van der Waals surface area contributed by atoms with Gasteiger partial charge in [0, 0.05) is 30.9 Å². The summed E-state index contributed by atoms with van der Waals surface area (Å²) < 4.78 is 4.70. The number of carbonyl (C=O) groups is 1. The van der Waals surface area contributed by atoms with Crippen molar-refractivity contribution in [1.29, 1.82) is 0 Å². The number of methoxy groups -OCH3 is 1. The van der Waals surface area contributed by atoms with E-state index in [2.05, 4.69) is 24.1 Å². The molecule has 0 aromatic heterocycles. The maximum atomic E-state index is 11.4. The van der Waals surface area contributed by atoms with Gasteiger partial charge in [-0.2, -0.15) is 0 Å². The van der Waals surface area contributed by atoms with Crippen LogP contribution in [-0.2, 0) is 4.74 Å². The highest BCUT2D eigenvalue weighted by Crippen LogP contribution is 2.18. The van der Waals surface area contributed by atoms with E-state index in [0.29, 0.717) is 17.6 Å². The minimum Gasteiger partial charge on any atom is -0.465 e. The minimum atomic E-state index is -0.290. The number of carbonyl (C=O) groups excluding carboxylic acids is 1. The maximum absolute atomic E-state index is 11.4. The molecule has 1 saturated heterocycles. The number of hydrogen-bond acceptors (Lipinski definition) is 4. The first-order valence-corrected chi connectivity index (χ1v) is 7.29. The molecule has 0 saturated carbocycles. The second-order valence-electron chi connectivity index (χ2n) is 5.62. The number of piperidine rings is 1. The summed E-state index contributed by atoms with van der Waals surface area (Å²) in [6, 6.07) is 8.65. The number of benzene rings is 1. The van der Waals surface area contributed by atoms with Crippen molar-refractivity contribution in [3.05, 3.63) is 29.8 Å². The van der Waals surface area contributed by atoms with Gasteiger partial charge >= 0.3 is 5.97 Å². The van der Waals surface area contributed by atoms with Crippen LogP contribution in [0.15, 0.2) is 24.3 Å². The highest BCUT2D eigenvalue weighted by atomic mass is 16.5. The van der Waals surface area contributed by atoms with Crippen molar-refractivity contribution in [1.82, 2.24) is 4.90 Å². The Balaban J connectivity index is 1.87. The molecule has 1 N–H and O–H groups in total.